The van der Waals surface area contributed by atoms with E-state index in [1.165, 1.54) is 0 Å². The SMILES string of the molecule is Cc1oc(N2C[C@@H]3CN(C(=O)O)C(Cc4ccccc4)[C@@H]3C2)nc1C(C)(C)O. The fourth-order valence-electron chi connectivity index (χ4n) is 4.72. The summed E-state index contributed by atoms with van der Waals surface area (Å²) in [6.07, 6.45) is -0.139. The molecule has 2 aliphatic heterocycles. The minimum atomic E-state index is -1.06. The zero-order chi connectivity index (χ0) is 20.1. The molecule has 1 aromatic heterocycles. The molecule has 0 radical (unpaired) electrons. The van der Waals surface area contributed by atoms with Crippen LogP contribution in [0, 0.1) is 18.8 Å². The van der Waals surface area contributed by atoms with Gasteiger partial charge in [-0.2, -0.15) is 4.98 Å². The molecule has 4 rings (SSSR count). The molecule has 0 bridgehead atoms. The molecule has 0 saturated carbocycles. The van der Waals surface area contributed by atoms with Crippen LogP contribution in [0.4, 0.5) is 10.8 Å². The van der Waals surface area contributed by atoms with Gasteiger partial charge in [0.2, 0.25) is 0 Å². The number of likely N-dealkylation sites (tertiary alicyclic amines) is 1. The molecule has 2 fully saturated rings. The molecule has 150 valence electrons. The van der Waals surface area contributed by atoms with E-state index in [1.807, 2.05) is 37.3 Å². The fraction of sp³-hybridized carbons (Fsp3) is 0.524. The van der Waals surface area contributed by atoms with Gasteiger partial charge in [0.25, 0.3) is 6.01 Å². The lowest BCUT2D eigenvalue weighted by Crippen LogP contribution is -2.41. The number of nitrogens with zero attached hydrogens (tertiary/aromatic N) is 3. The lowest BCUT2D eigenvalue weighted by molar-refractivity contribution is 0.0728. The number of anilines is 1. The van der Waals surface area contributed by atoms with Gasteiger partial charge in [-0.05, 0) is 32.8 Å². The van der Waals surface area contributed by atoms with Gasteiger partial charge in [0.1, 0.15) is 17.1 Å². The van der Waals surface area contributed by atoms with Gasteiger partial charge in [-0.15, -0.1) is 0 Å². The van der Waals surface area contributed by atoms with E-state index in [9.17, 15) is 15.0 Å². The average molecular weight is 385 g/mol. The Labute approximate surface area is 164 Å². The van der Waals surface area contributed by atoms with Crippen molar-refractivity contribution in [2.75, 3.05) is 24.5 Å². The number of fused-ring (bicyclic) bond motifs is 1. The van der Waals surface area contributed by atoms with Crippen molar-refractivity contribution in [3.63, 3.8) is 0 Å². The number of aryl methyl sites for hydroxylation is 1. The molecule has 0 aliphatic carbocycles. The van der Waals surface area contributed by atoms with Crippen LogP contribution in [0.25, 0.3) is 0 Å². The molecule has 28 heavy (non-hydrogen) atoms. The highest BCUT2D eigenvalue weighted by atomic mass is 16.4. The Morgan fingerprint density at radius 2 is 1.96 bits per heavy atom. The topological polar surface area (TPSA) is 90.0 Å². The Balaban J connectivity index is 1.55. The molecular formula is C21H27N3O4. The largest absolute Gasteiger partial charge is 0.465 e. The van der Waals surface area contributed by atoms with Crippen LogP contribution in [0.2, 0.25) is 0 Å². The van der Waals surface area contributed by atoms with Crippen LogP contribution >= 0.6 is 0 Å². The van der Waals surface area contributed by atoms with E-state index in [0.717, 1.165) is 5.56 Å². The van der Waals surface area contributed by atoms with E-state index in [2.05, 4.69) is 9.88 Å². The van der Waals surface area contributed by atoms with Crippen molar-refractivity contribution < 1.29 is 19.4 Å². The molecule has 2 N–H and O–H groups in total. The number of carboxylic acid groups (broad SMARTS) is 1. The highest BCUT2D eigenvalue weighted by Crippen LogP contribution is 2.40. The molecule has 2 aliphatic rings. The van der Waals surface area contributed by atoms with Gasteiger partial charge < -0.3 is 24.4 Å². The highest BCUT2D eigenvalue weighted by molar-refractivity contribution is 5.66. The molecule has 3 heterocycles. The summed E-state index contributed by atoms with van der Waals surface area (Å²) in [5, 5.41) is 20.0. The van der Waals surface area contributed by atoms with E-state index in [1.54, 1.807) is 18.7 Å². The van der Waals surface area contributed by atoms with Gasteiger partial charge in [0.05, 0.1) is 0 Å². The normalized spacial score (nSPS) is 24.6. The number of oxazole rings is 1. The fourth-order valence-corrected chi connectivity index (χ4v) is 4.72. The minimum Gasteiger partial charge on any atom is -0.465 e. The standard InChI is InChI=1S/C21H27N3O4/c1-13-18(21(2,3)27)22-19(28-13)23-10-15-11-24(20(25)26)17(16(15)12-23)9-14-7-5-4-6-8-14/h4-8,15-17,27H,9-12H2,1-3H3,(H,25,26)/t15-,16-,17?/m1/s1. The first-order chi connectivity index (χ1) is 13.2. The Morgan fingerprint density at radius 1 is 1.25 bits per heavy atom. The van der Waals surface area contributed by atoms with E-state index < -0.39 is 11.7 Å². The summed E-state index contributed by atoms with van der Waals surface area (Å²) in [5.41, 5.74) is 0.638. The van der Waals surface area contributed by atoms with Gasteiger partial charge in [0, 0.05) is 37.5 Å². The van der Waals surface area contributed by atoms with Crippen LogP contribution in [0.5, 0.6) is 0 Å². The summed E-state index contributed by atoms with van der Waals surface area (Å²) in [5.74, 6) is 1.10. The molecular weight excluding hydrogens is 358 g/mol. The Bertz CT molecular complexity index is 858. The summed E-state index contributed by atoms with van der Waals surface area (Å²) in [4.78, 5) is 20.0. The maximum Gasteiger partial charge on any atom is 0.407 e. The summed E-state index contributed by atoms with van der Waals surface area (Å²) in [6, 6.07) is 10.5. The van der Waals surface area contributed by atoms with Crippen molar-refractivity contribution in [2.45, 2.75) is 38.8 Å². The molecule has 7 heteroatoms. The zero-order valence-electron chi connectivity index (χ0n) is 16.5. The van der Waals surface area contributed by atoms with Crippen LogP contribution in [0.3, 0.4) is 0 Å². The smallest absolute Gasteiger partial charge is 0.407 e. The van der Waals surface area contributed by atoms with Gasteiger partial charge >= 0.3 is 6.09 Å². The molecule has 3 atom stereocenters. The number of rotatable bonds is 4. The molecule has 1 aromatic carbocycles. The number of aliphatic hydroxyl groups is 1. The predicted octanol–water partition coefficient (Wildman–Crippen LogP) is 2.87. The third-order valence-corrected chi connectivity index (χ3v) is 5.99. The van der Waals surface area contributed by atoms with E-state index in [4.69, 9.17) is 4.42 Å². The second-order valence-corrected chi connectivity index (χ2v) is 8.48. The van der Waals surface area contributed by atoms with E-state index in [0.29, 0.717) is 43.5 Å². The quantitative estimate of drug-likeness (QED) is 0.841. The number of benzene rings is 1. The second kappa shape index (κ2) is 6.81. The number of hydrogen-bond donors (Lipinski definition) is 2. The number of amides is 1. The number of hydrogen-bond acceptors (Lipinski definition) is 5. The van der Waals surface area contributed by atoms with Gasteiger partial charge in [0.15, 0.2) is 0 Å². The third kappa shape index (κ3) is 3.35. The van der Waals surface area contributed by atoms with Crippen LogP contribution in [0.1, 0.15) is 30.9 Å². The molecule has 1 amide bonds. The van der Waals surface area contributed by atoms with Crippen LogP contribution in [-0.4, -0.2) is 51.9 Å². The first-order valence-corrected chi connectivity index (χ1v) is 9.72. The molecule has 7 nitrogen and oxygen atoms in total. The predicted molar refractivity (Wildman–Crippen MR) is 104 cm³/mol. The average Bonchev–Trinajstić information content (AvgIpc) is 3.29. The van der Waals surface area contributed by atoms with Crippen LogP contribution in [-0.2, 0) is 12.0 Å². The molecule has 0 spiro atoms. The van der Waals surface area contributed by atoms with Crippen molar-refractivity contribution >= 4 is 12.1 Å². The van der Waals surface area contributed by atoms with Crippen molar-refractivity contribution in [3.8, 4) is 0 Å². The first-order valence-electron chi connectivity index (χ1n) is 9.72. The lowest BCUT2D eigenvalue weighted by atomic mass is 9.90. The van der Waals surface area contributed by atoms with Gasteiger partial charge in [-0.1, -0.05) is 30.3 Å². The summed E-state index contributed by atoms with van der Waals surface area (Å²) >= 11 is 0. The monoisotopic (exact) mass is 385 g/mol. The summed E-state index contributed by atoms with van der Waals surface area (Å²) < 4.78 is 5.84. The second-order valence-electron chi connectivity index (χ2n) is 8.48. The molecule has 1 unspecified atom stereocenters. The summed E-state index contributed by atoms with van der Waals surface area (Å²) in [7, 11) is 0. The van der Waals surface area contributed by atoms with Crippen molar-refractivity contribution in [2.24, 2.45) is 11.8 Å². The minimum absolute atomic E-state index is 0.0558. The highest BCUT2D eigenvalue weighted by Gasteiger charge is 2.49. The van der Waals surface area contributed by atoms with Crippen molar-refractivity contribution in [1.82, 2.24) is 9.88 Å². The van der Waals surface area contributed by atoms with Crippen molar-refractivity contribution in [1.29, 1.82) is 0 Å². The lowest BCUT2D eigenvalue weighted by Gasteiger charge is -2.27. The van der Waals surface area contributed by atoms with E-state index in [-0.39, 0.29) is 17.9 Å². The van der Waals surface area contributed by atoms with Gasteiger partial charge in [-0.3, -0.25) is 0 Å². The first kappa shape index (κ1) is 18.8. The Morgan fingerprint density at radius 3 is 2.57 bits per heavy atom. The maximum absolute atomic E-state index is 11.8. The Kier molecular flexibility index (Phi) is 4.57. The van der Waals surface area contributed by atoms with Crippen LogP contribution < -0.4 is 4.90 Å². The number of aromatic nitrogens is 1. The zero-order valence-corrected chi connectivity index (χ0v) is 16.5. The maximum atomic E-state index is 11.8. The van der Waals surface area contributed by atoms with E-state index >= 15 is 0 Å². The number of carbonyl (C=O) groups is 1. The Hall–Kier alpha value is -2.54. The van der Waals surface area contributed by atoms with Gasteiger partial charge in [-0.25, -0.2) is 4.79 Å². The molecule has 2 aromatic rings. The third-order valence-electron chi connectivity index (χ3n) is 5.99. The summed E-state index contributed by atoms with van der Waals surface area (Å²) in [6.45, 7) is 7.15. The van der Waals surface area contributed by atoms with Crippen LogP contribution in [0.15, 0.2) is 34.7 Å². The molecule has 2 saturated heterocycles. The van der Waals surface area contributed by atoms with Crippen molar-refractivity contribution in [3.05, 3.63) is 47.3 Å².